The first-order chi connectivity index (χ1) is 20.6. The largest absolute Gasteiger partial charge is 0.510 e. The molecule has 2 aromatic rings. The molecule has 0 spiro atoms. The van der Waals surface area contributed by atoms with Gasteiger partial charge in [0.2, 0.25) is 5.78 Å². The topological polar surface area (TPSA) is 206 Å². The zero-order valence-electron chi connectivity index (χ0n) is 24.3. The van der Waals surface area contributed by atoms with Gasteiger partial charge in [-0.1, -0.05) is 6.07 Å². The van der Waals surface area contributed by atoms with Gasteiger partial charge in [0, 0.05) is 37.0 Å². The van der Waals surface area contributed by atoms with Crippen LogP contribution in [0.25, 0.3) is 0 Å². The summed E-state index contributed by atoms with van der Waals surface area (Å²) in [4.78, 5) is 55.6. The maximum absolute atomic E-state index is 14.1. The van der Waals surface area contributed by atoms with Gasteiger partial charge in [-0.2, -0.15) is 0 Å². The van der Waals surface area contributed by atoms with Crippen LogP contribution in [-0.4, -0.2) is 88.7 Å². The summed E-state index contributed by atoms with van der Waals surface area (Å²) in [5, 5.41) is 50.3. The predicted octanol–water partition coefficient (Wildman–Crippen LogP) is 1.97. The number of aliphatic hydroxyl groups is 3. The van der Waals surface area contributed by atoms with Crippen molar-refractivity contribution in [1.82, 2.24) is 4.90 Å². The third-order valence-corrected chi connectivity index (χ3v) is 8.51. The van der Waals surface area contributed by atoms with E-state index >= 15 is 0 Å². The molecule has 3 aliphatic carbocycles. The molecule has 4 atom stereocenters. The van der Waals surface area contributed by atoms with Crippen molar-refractivity contribution >= 4 is 40.6 Å². The van der Waals surface area contributed by atoms with Crippen molar-refractivity contribution in [3.8, 4) is 5.75 Å². The number of hydrogen-bond acceptors (Lipinski definition) is 10. The van der Waals surface area contributed by atoms with E-state index in [1.54, 1.807) is 33.1 Å². The van der Waals surface area contributed by atoms with Crippen LogP contribution in [0.3, 0.4) is 0 Å². The molecule has 5 rings (SSSR count). The summed E-state index contributed by atoms with van der Waals surface area (Å²) in [7, 11) is 6.47. The van der Waals surface area contributed by atoms with E-state index in [1.807, 2.05) is 0 Å². The number of hydrogen-bond donors (Lipinski definition) is 7. The van der Waals surface area contributed by atoms with Crippen LogP contribution in [0.15, 0.2) is 53.0 Å². The summed E-state index contributed by atoms with van der Waals surface area (Å²) in [6.07, 6.45) is 0.0147. The first-order valence-electron chi connectivity index (χ1n) is 13.6. The minimum Gasteiger partial charge on any atom is -0.510 e. The van der Waals surface area contributed by atoms with Crippen LogP contribution in [0.1, 0.15) is 22.3 Å². The number of benzene rings is 2. The molecule has 0 fully saturated rings. The molecule has 13 nitrogen and oxygen atoms in total. The van der Waals surface area contributed by atoms with Gasteiger partial charge in [-0.25, -0.2) is 9.18 Å². The van der Waals surface area contributed by atoms with E-state index in [4.69, 9.17) is 5.73 Å². The minimum absolute atomic E-state index is 0.0601. The Morgan fingerprint density at radius 3 is 2.34 bits per heavy atom. The van der Waals surface area contributed by atoms with E-state index in [9.17, 15) is 44.0 Å². The Morgan fingerprint density at radius 1 is 1.07 bits per heavy atom. The molecule has 0 saturated carbocycles. The third kappa shape index (κ3) is 4.53. The van der Waals surface area contributed by atoms with Crippen molar-refractivity contribution in [1.29, 1.82) is 0 Å². The van der Waals surface area contributed by atoms with Crippen molar-refractivity contribution < 1.29 is 44.0 Å². The van der Waals surface area contributed by atoms with Gasteiger partial charge in [-0.15, -0.1) is 0 Å². The molecule has 4 unspecified atom stereocenters. The van der Waals surface area contributed by atoms with Crippen molar-refractivity contribution in [3.63, 3.8) is 0 Å². The van der Waals surface area contributed by atoms with Crippen molar-refractivity contribution in [2.45, 2.75) is 24.5 Å². The number of fused-ring (bicyclic) bond motifs is 3. The Kier molecular flexibility index (Phi) is 7.38. The summed E-state index contributed by atoms with van der Waals surface area (Å²) in [6, 6.07) is 4.64. The highest BCUT2D eigenvalue weighted by Crippen LogP contribution is 2.53. The lowest BCUT2D eigenvalue weighted by Gasteiger charge is -2.50. The number of nitrogens with one attached hydrogen (secondary N) is 2. The van der Waals surface area contributed by atoms with Gasteiger partial charge in [-0.3, -0.25) is 19.3 Å². The maximum Gasteiger partial charge on any atom is 0.323 e. The number of nitrogens with two attached hydrogens (primary N) is 1. The lowest BCUT2D eigenvalue weighted by molar-refractivity contribution is -0.148. The summed E-state index contributed by atoms with van der Waals surface area (Å²) < 4.78 is 13.6. The normalized spacial score (nSPS) is 24.5. The molecule has 0 saturated heterocycles. The molecule has 14 heteroatoms. The second-order valence-corrected chi connectivity index (χ2v) is 11.6. The van der Waals surface area contributed by atoms with Gasteiger partial charge < -0.3 is 41.7 Å². The number of Topliss-reactive ketones (excluding diaryl/α,β-unsaturated/α-hetero) is 2. The Hall–Kier alpha value is -4.95. The van der Waals surface area contributed by atoms with Crippen LogP contribution < -0.4 is 21.3 Å². The molecule has 8 N–H and O–H groups in total. The number of phenolic OH excluding ortho intramolecular Hbond substituents is 1. The van der Waals surface area contributed by atoms with Crippen LogP contribution in [0, 0.1) is 17.7 Å². The quantitative estimate of drug-likeness (QED) is 0.194. The molecule has 232 valence electrons. The zero-order valence-corrected chi connectivity index (χ0v) is 24.3. The fraction of sp³-hybridized carbons (Fsp3) is 0.333. The molecule has 3 aliphatic rings. The first kappa shape index (κ1) is 30.5. The highest BCUT2D eigenvalue weighted by molar-refractivity contribution is 6.25. The third-order valence-electron chi connectivity index (χ3n) is 8.51. The van der Waals surface area contributed by atoms with Crippen molar-refractivity contribution in [3.05, 3.63) is 69.9 Å². The molecule has 0 aromatic heterocycles. The number of ketones is 2. The van der Waals surface area contributed by atoms with Gasteiger partial charge in [0.15, 0.2) is 17.1 Å². The molecule has 0 bridgehead atoms. The van der Waals surface area contributed by atoms with E-state index in [-0.39, 0.29) is 35.4 Å². The van der Waals surface area contributed by atoms with Crippen LogP contribution in [0.4, 0.5) is 26.2 Å². The molecule has 0 aliphatic heterocycles. The van der Waals surface area contributed by atoms with Gasteiger partial charge in [0.25, 0.3) is 5.91 Å². The summed E-state index contributed by atoms with van der Waals surface area (Å²) in [5.74, 6) is -8.32. The number of carbonyl (C=O) groups excluding carboxylic acids is 4. The highest BCUT2D eigenvalue weighted by Gasteiger charge is 2.63. The molecule has 3 amide bonds. The predicted molar refractivity (Wildman–Crippen MR) is 157 cm³/mol. The zero-order chi connectivity index (χ0) is 32.4. The first-order valence-corrected chi connectivity index (χ1v) is 13.6. The minimum atomic E-state index is -2.77. The van der Waals surface area contributed by atoms with E-state index in [2.05, 4.69) is 10.6 Å². The van der Waals surface area contributed by atoms with Crippen molar-refractivity contribution in [2.75, 3.05) is 43.7 Å². The number of anilines is 3. The monoisotopic (exact) mass is 609 g/mol. The number of carbonyl (C=O) groups is 4. The SMILES string of the molecule is CN(C)c1cc(NC(=O)Nc2cccc(F)c2)c(O)c2c1CC1CC3C(N(C)C)C(O)=C(C(N)=O)C(=O)C3(O)C(O)=C1C2=O. The van der Waals surface area contributed by atoms with Crippen molar-refractivity contribution in [2.24, 2.45) is 17.6 Å². The van der Waals surface area contributed by atoms with Gasteiger partial charge >= 0.3 is 6.03 Å². The average Bonchev–Trinajstić information content (AvgIpc) is 2.91. The second kappa shape index (κ2) is 10.6. The molecule has 0 radical (unpaired) electrons. The number of likely N-dealkylation sites (N-methyl/N-ethyl adjacent to an activating group) is 1. The fourth-order valence-corrected chi connectivity index (χ4v) is 6.64. The number of phenols is 1. The van der Waals surface area contributed by atoms with Gasteiger partial charge in [0.05, 0.1) is 17.3 Å². The molecule has 0 heterocycles. The van der Waals surface area contributed by atoms with Gasteiger partial charge in [0.1, 0.15) is 22.9 Å². The highest BCUT2D eigenvalue weighted by atomic mass is 19.1. The number of allylic oxidation sites excluding steroid dienone is 1. The number of aliphatic hydroxyl groups excluding tert-OH is 2. The van der Waals surface area contributed by atoms with Crippen LogP contribution in [0.5, 0.6) is 5.75 Å². The lowest BCUT2D eigenvalue weighted by atomic mass is 9.58. The Bertz CT molecular complexity index is 1700. The summed E-state index contributed by atoms with van der Waals surface area (Å²) in [6.45, 7) is 0. The van der Waals surface area contributed by atoms with E-state index in [0.717, 1.165) is 6.07 Å². The Morgan fingerprint density at radius 2 is 1.75 bits per heavy atom. The van der Waals surface area contributed by atoms with Gasteiger partial charge in [-0.05, 0) is 62.7 Å². The fourth-order valence-electron chi connectivity index (χ4n) is 6.64. The number of rotatable bonds is 5. The lowest BCUT2D eigenvalue weighted by Crippen LogP contribution is -2.63. The molecular weight excluding hydrogens is 577 g/mol. The molecule has 2 aromatic carbocycles. The average molecular weight is 610 g/mol. The van der Waals surface area contributed by atoms with E-state index in [0.29, 0.717) is 11.3 Å². The number of primary amides is 1. The number of urea groups is 1. The molecule has 44 heavy (non-hydrogen) atoms. The van der Waals surface area contributed by atoms with E-state index < -0.39 is 75.6 Å². The summed E-state index contributed by atoms with van der Waals surface area (Å²) >= 11 is 0. The van der Waals surface area contributed by atoms with Crippen LogP contribution in [-0.2, 0) is 16.0 Å². The number of halogens is 1. The van der Waals surface area contributed by atoms with Crippen LogP contribution in [0.2, 0.25) is 0 Å². The number of amides is 3. The Balaban J connectivity index is 1.62. The standard InChI is InChI=1S/C30H32FN5O8/c1-35(2)18-11-17(34-29(43)33-14-7-5-6-13(31)10-14)23(37)20-15(18)8-12-9-16-22(36(3)4)25(39)21(28(32)42)27(41)30(16,44)26(40)19(12)24(20)38/h5-7,10-12,16,22,37,39-40,44H,8-9H2,1-4H3,(H2,32,42)(H2,33,34,43). The smallest absolute Gasteiger partial charge is 0.323 e. The number of aromatic hydroxyl groups is 1. The Labute approximate surface area is 251 Å². The number of nitrogens with zero attached hydrogens (tertiary/aromatic N) is 2. The summed E-state index contributed by atoms with van der Waals surface area (Å²) in [5.41, 5.74) is 1.91. The van der Waals surface area contributed by atoms with Crippen LogP contribution >= 0.6 is 0 Å². The maximum atomic E-state index is 14.1. The molecular formula is C30H32FN5O8. The second-order valence-electron chi connectivity index (χ2n) is 11.6. The van der Waals surface area contributed by atoms with E-state index in [1.165, 1.54) is 29.2 Å².